The molecule has 1 aliphatic heterocycles. The van der Waals surface area contributed by atoms with Gasteiger partial charge in [-0.15, -0.1) is 0 Å². The van der Waals surface area contributed by atoms with Crippen molar-refractivity contribution < 1.29 is 4.79 Å². The Bertz CT molecular complexity index is 1230. The van der Waals surface area contributed by atoms with Crippen molar-refractivity contribution >= 4 is 16.7 Å². The van der Waals surface area contributed by atoms with Crippen LogP contribution in [-0.4, -0.2) is 39.9 Å². The average Bonchev–Trinajstić information content (AvgIpc) is 2.79. The third kappa shape index (κ3) is 3.95. The lowest BCUT2D eigenvalue weighted by Crippen LogP contribution is -2.42. The van der Waals surface area contributed by atoms with Gasteiger partial charge in [0, 0.05) is 24.6 Å². The lowest BCUT2D eigenvalue weighted by molar-refractivity contribution is 0.0837. The van der Waals surface area contributed by atoms with E-state index in [2.05, 4.69) is 16.0 Å². The third-order valence-corrected chi connectivity index (χ3v) is 5.79. The van der Waals surface area contributed by atoms with Crippen LogP contribution in [0.25, 0.3) is 10.9 Å². The fourth-order valence-corrected chi connectivity index (χ4v) is 4.01. The molecule has 0 radical (unpaired) electrons. The Labute approximate surface area is 173 Å². The molecule has 3 aromatic rings. The number of aromatic amines is 1. The van der Waals surface area contributed by atoms with Gasteiger partial charge < -0.3 is 9.88 Å². The molecule has 2 heterocycles. The molecule has 2 aromatic carbocycles. The number of aromatic nitrogens is 2. The molecule has 1 fully saturated rings. The van der Waals surface area contributed by atoms with E-state index >= 15 is 0 Å². The molecule has 1 saturated heterocycles. The van der Waals surface area contributed by atoms with Crippen LogP contribution in [0.4, 0.5) is 0 Å². The summed E-state index contributed by atoms with van der Waals surface area (Å²) in [5, 5.41) is 9.38. The quantitative estimate of drug-likeness (QED) is 0.660. The van der Waals surface area contributed by atoms with Crippen LogP contribution in [0.3, 0.4) is 0 Å². The molecule has 4 rings (SSSR count). The summed E-state index contributed by atoms with van der Waals surface area (Å²) in [5.74, 6) is 0.0716. The molecule has 0 amide bonds. The first-order valence-electron chi connectivity index (χ1n) is 10.1. The van der Waals surface area contributed by atoms with Gasteiger partial charge in [-0.05, 0) is 50.2 Å². The molecule has 0 bridgehead atoms. The Morgan fingerprint density at radius 3 is 2.43 bits per heavy atom. The summed E-state index contributed by atoms with van der Waals surface area (Å²) in [6.45, 7) is 2.38. The number of nitrogens with one attached hydrogen (secondary N) is 1. The molecule has 0 saturated carbocycles. The number of likely N-dealkylation sites (tertiary alicyclic amines) is 1. The van der Waals surface area contributed by atoms with Crippen LogP contribution in [-0.2, 0) is 6.54 Å². The molecule has 0 spiro atoms. The van der Waals surface area contributed by atoms with Crippen LogP contribution < -0.4 is 11.2 Å². The van der Waals surface area contributed by atoms with Gasteiger partial charge in [0.15, 0.2) is 5.78 Å². The molecular weight excluding hydrogens is 380 g/mol. The highest BCUT2D eigenvalue weighted by Crippen LogP contribution is 2.22. The molecule has 0 atom stereocenters. The van der Waals surface area contributed by atoms with E-state index in [-0.39, 0.29) is 17.3 Å². The number of H-pyrrole nitrogens is 1. The summed E-state index contributed by atoms with van der Waals surface area (Å²) < 4.78 is 1.25. The first kappa shape index (κ1) is 19.8. The van der Waals surface area contributed by atoms with Crippen LogP contribution in [0, 0.1) is 17.2 Å². The highest BCUT2D eigenvalue weighted by molar-refractivity contribution is 5.98. The standard InChI is InChI=1S/C23H22N4O3/c24-15-16-5-7-17(8-6-16)21(28)18-9-11-26(12-10-18)13-14-27-22(29)19-3-1-2-4-20(19)25-23(27)30/h1-8,18H,9-14H2,(H,25,30). The monoisotopic (exact) mass is 402 g/mol. The van der Waals surface area contributed by atoms with Crippen molar-refractivity contribution in [3.05, 3.63) is 80.5 Å². The SMILES string of the molecule is N#Cc1ccc(C(=O)C2CCN(CCn3c(=O)[nH]c4ccccc4c3=O)CC2)cc1. The fraction of sp³-hybridized carbons (Fsp3) is 0.304. The molecule has 152 valence electrons. The third-order valence-electron chi connectivity index (χ3n) is 5.79. The summed E-state index contributed by atoms with van der Waals surface area (Å²) in [6, 6.07) is 15.8. The maximum absolute atomic E-state index is 12.7. The van der Waals surface area contributed by atoms with Crippen LogP contribution in [0.15, 0.2) is 58.1 Å². The number of piperidine rings is 1. The van der Waals surface area contributed by atoms with E-state index in [0.717, 1.165) is 25.9 Å². The molecule has 7 heteroatoms. The van der Waals surface area contributed by atoms with E-state index in [9.17, 15) is 14.4 Å². The predicted octanol–water partition coefficient (Wildman–Crippen LogP) is 2.16. The molecule has 1 aromatic heterocycles. The van der Waals surface area contributed by atoms with Crippen LogP contribution in [0.5, 0.6) is 0 Å². The number of hydrogen-bond donors (Lipinski definition) is 1. The molecule has 0 aliphatic carbocycles. The number of Topliss-reactive ketones (excluding diaryl/α,β-unsaturated/α-hetero) is 1. The maximum Gasteiger partial charge on any atom is 0.328 e. The van der Waals surface area contributed by atoms with Crippen molar-refractivity contribution in [2.24, 2.45) is 5.92 Å². The highest BCUT2D eigenvalue weighted by Gasteiger charge is 2.25. The number of nitriles is 1. The summed E-state index contributed by atoms with van der Waals surface area (Å²) in [6.07, 6.45) is 1.48. The summed E-state index contributed by atoms with van der Waals surface area (Å²) >= 11 is 0. The van der Waals surface area contributed by atoms with Crippen molar-refractivity contribution in [3.8, 4) is 6.07 Å². The van der Waals surface area contributed by atoms with Gasteiger partial charge in [0.05, 0.1) is 22.5 Å². The Balaban J connectivity index is 1.37. The predicted molar refractivity (Wildman–Crippen MR) is 113 cm³/mol. The van der Waals surface area contributed by atoms with Crippen molar-refractivity contribution in [2.75, 3.05) is 19.6 Å². The number of benzene rings is 2. The normalized spacial score (nSPS) is 15.2. The Kier molecular flexibility index (Phi) is 5.59. The van der Waals surface area contributed by atoms with E-state index in [4.69, 9.17) is 5.26 Å². The van der Waals surface area contributed by atoms with E-state index in [1.54, 1.807) is 48.5 Å². The minimum atomic E-state index is -0.399. The zero-order valence-corrected chi connectivity index (χ0v) is 16.5. The maximum atomic E-state index is 12.7. The van der Waals surface area contributed by atoms with Gasteiger partial charge >= 0.3 is 5.69 Å². The van der Waals surface area contributed by atoms with Crippen molar-refractivity contribution in [1.29, 1.82) is 5.26 Å². The van der Waals surface area contributed by atoms with E-state index in [1.165, 1.54) is 4.57 Å². The molecular formula is C23H22N4O3. The minimum Gasteiger partial charge on any atom is -0.307 e. The second kappa shape index (κ2) is 8.47. The van der Waals surface area contributed by atoms with Gasteiger partial charge in [0.25, 0.3) is 5.56 Å². The minimum absolute atomic E-state index is 0.0408. The zero-order chi connectivity index (χ0) is 21.1. The fourth-order valence-electron chi connectivity index (χ4n) is 4.01. The summed E-state index contributed by atoms with van der Waals surface area (Å²) in [7, 11) is 0. The Morgan fingerprint density at radius 1 is 1.03 bits per heavy atom. The molecule has 0 unspecified atom stereocenters. The number of carbonyl (C=O) groups is 1. The average molecular weight is 402 g/mol. The molecule has 7 nitrogen and oxygen atoms in total. The number of rotatable bonds is 5. The number of carbonyl (C=O) groups excluding carboxylic acids is 1. The zero-order valence-electron chi connectivity index (χ0n) is 16.5. The lowest BCUT2D eigenvalue weighted by Gasteiger charge is -2.31. The highest BCUT2D eigenvalue weighted by atomic mass is 16.2. The number of para-hydroxylation sites is 1. The van der Waals surface area contributed by atoms with Gasteiger partial charge in [0.2, 0.25) is 0 Å². The van der Waals surface area contributed by atoms with Gasteiger partial charge in [-0.2, -0.15) is 5.26 Å². The van der Waals surface area contributed by atoms with Crippen LogP contribution in [0.2, 0.25) is 0 Å². The van der Waals surface area contributed by atoms with Crippen molar-refractivity contribution in [1.82, 2.24) is 14.5 Å². The second-order valence-corrected chi connectivity index (χ2v) is 7.60. The van der Waals surface area contributed by atoms with Crippen molar-refractivity contribution in [2.45, 2.75) is 19.4 Å². The van der Waals surface area contributed by atoms with E-state index < -0.39 is 5.69 Å². The summed E-state index contributed by atoms with van der Waals surface area (Å²) in [5.41, 5.74) is 1.05. The van der Waals surface area contributed by atoms with E-state index in [1.807, 2.05) is 0 Å². The number of nitrogens with zero attached hydrogens (tertiary/aromatic N) is 3. The smallest absolute Gasteiger partial charge is 0.307 e. The first-order chi connectivity index (χ1) is 14.6. The summed E-state index contributed by atoms with van der Waals surface area (Å²) in [4.78, 5) is 42.6. The number of hydrogen-bond acceptors (Lipinski definition) is 5. The van der Waals surface area contributed by atoms with Gasteiger partial charge in [-0.3, -0.25) is 14.2 Å². The largest absolute Gasteiger partial charge is 0.328 e. The van der Waals surface area contributed by atoms with Crippen LogP contribution in [0.1, 0.15) is 28.8 Å². The van der Waals surface area contributed by atoms with Gasteiger partial charge in [-0.1, -0.05) is 24.3 Å². The van der Waals surface area contributed by atoms with Crippen LogP contribution >= 0.6 is 0 Å². The number of fused-ring (bicyclic) bond motifs is 1. The Morgan fingerprint density at radius 2 is 1.73 bits per heavy atom. The van der Waals surface area contributed by atoms with Gasteiger partial charge in [-0.25, -0.2) is 4.79 Å². The van der Waals surface area contributed by atoms with Gasteiger partial charge in [0.1, 0.15) is 0 Å². The molecule has 30 heavy (non-hydrogen) atoms. The van der Waals surface area contributed by atoms with E-state index in [0.29, 0.717) is 35.1 Å². The number of ketones is 1. The molecule has 1 aliphatic rings. The Hall–Kier alpha value is -3.50. The topological polar surface area (TPSA) is 99.0 Å². The first-order valence-corrected chi connectivity index (χ1v) is 10.1. The van der Waals surface area contributed by atoms with Crippen molar-refractivity contribution in [3.63, 3.8) is 0 Å². The molecule has 1 N–H and O–H groups in total. The lowest BCUT2D eigenvalue weighted by atomic mass is 9.88. The second-order valence-electron chi connectivity index (χ2n) is 7.60.